The first-order valence-corrected chi connectivity index (χ1v) is 7.47. The summed E-state index contributed by atoms with van der Waals surface area (Å²) in [6.07, 6.45) is -3.89. The average molecular weight is 386 g/mol. The molecule has 0 radical (unpaired) electrons. The van der Waals surface area contributed by atoms with Gasteiger partial charge in [0.15, 0.2) is 17.3 Å². The molecule has 7 nitrogen and oxygen atoms in total. The van der Waals surface area contributed by atoms with E-state index >= 15 is 0 Å². The zero-order chi connectivity index (χ0) is 18.9. The van der Waals surface area contributed by atoms with Gasteiger partial charge in [0, 0.05) is 11.8 Å². The van der Waals surface area contributed by atoms with Crippen LogP contribution >= 0.6 is 11.6 Å². The highest BCUT2D eigenvalue weighted by Gasteiger charge is 2.32. The molecule has 1 aromatic carbocycles. The van der Waals surface area contributed by atoms with Crippen LogP contribution in [-0.2, 0) is 6.18 Å². The first-order valence-electron chi connectivity index (χ1n) is 7.09. The van der Waals surface area contributed by atoms with Gasteiger partial charge < -0.3 is 9.47 Å². The lowest BCUT2D eigenvalue weighted by atomic mass is 10.2. The zero-order valence-corrected chi connectivity index (χ0v) is 14.2. The van der Waals surface area contributed by atoms with Crippen molar-refractivity contribution in [2.24, 2.45) is 0 Å². The highest BCUT2D eigenvalue weighted by Crippen LogP contribution is 2.33. The molecule has 0 N–H and O–H groups in total. The molecule has 0 saturated carbocycles. The highest BCUT2D eigenvalue weighted by atomic mass is 35.5. The van der Waals surface area contributed by atoms with Crippen LogP contribution < -0.4 is 9.47 Å². The van der Waals surface area contributed by atoms with E-state index in [0.717, 1.165) is 10.9 Å². The van der Waals surface area contributed by atoms with Gasteiger partial charge in [0.05, 0.1) is 24.8 Å². The summed E-state index contributed by atoms with van der Waals surface area (Å²) >= 11 is 5.88. The molecule has 0 spiro atoms. The summed E-state index contributed by atoms with van der Waals surface area (Å²) in [5.74, 6) is 1.13. The molecule has 0 amide bonds. The van der Waals surface area contributed by atoms with Gasteiger partial charge in [-0.25, -0.2) is 4.98 Å². The van der Waals surface area contributed by atoms with Gasteiger partial charge in [0.1, 0.15) is 0 Å². The fraction of sp³-hybridized carbons (Fsp3) is 0.200. The van der Waals surface area contributed by atoms with Crippen LogP contribution in [-0.4, -0.2) is 39.4 Å². The quantitative estimate of drug-likeness (QED) is 0.685. The molecule has 3 rings (SSSR count). The first kappa shape index (κ1) is 17.9. The van der Waals surface area contributed by atoms with Crippen LogP contribution in [0.15, 0.2) is 30.5 Å². The van der Waals surface area contributed by atoms with Gasteiger partial charge in [0.25, 0.3) is 0 Å². The third-order valence-corrected chi connectivity index (χ3v) is 3.67. The minimum absolute atomic E-state index is 0.0705. The Labute approximate surface area is 150 Å². The Morgan fingerprint density at radius 1 is 1.08 bits per heavy atom. The number of rotatable bonds is 4. The minimum Gasteiger partial charge on any atom is -0.493 e. The molecule has 2 heterocycles. The molecule has 26 heavy (non-hydrogen) atoms. The van der Waals surface area contributed by atoms with Crippen molar-refractivity contribution < 1.29 is 22.6 Å². The molecule has 0 atom stereocenters. The van der Waals surface area contributed by atoms with Crippen LogP contribution in [0.1, 0.15) is 5.56 Å². The van der Waals surface area contributed by atoms with Crippen molar-refractivity contribution in [3.05, 3.63) is 41.0 Å². The van der Waals surface area contributed by atoms with Crippen LogP contribution in [0, 0.1) is 0 Å². The Balaban J connectivity index is 1.96. The maximum absolute atomic E-state index is 12.7. The molecule has 3 aromatic rings. The fourth-order valence-corrected chi connectivity index (χ4v) is 2.37. The number of hydrogen-bond donors (Lipinski definition) is 0. The summed E-state index contributed by atoms with van der Waals surface area (Å²) < 4.78 is 48.4. The van der Waals surface area contributed by atoms with Gasteiger partial charge in [-0.05, 0) is 29.5 Å². The molecule has 0 aliphatic rings. The molecule has 0 bridgehead atoms. The first-order chi connectivity index (χ1) is 12.3. The number of hydrogen-bond acceptors (Lipinski definition) is 6. The Morgan fingerprint density at radius 2 is 1.81 bits per heavy atom. The summed E-state index contributed by atoms with van der Waals surface area (Å²) in [6.45, 7) is 0. The number of alkyl halides is 3. The molecular formula is C15H11ClF3N5O2. The monoisotopic (exact) mass is 385 g/mol. The normalized spacial score (nSPS) is 11.5. The number of methoxy groups -OCH3 is 2. The van der Waals surface area contributed by atoms with E-state index in [-0.39, 0.29) is 16.7 Å². The van der Waals surface area contributed by atoms with Crippen LogP contribution in [0.4, 0.5) is 13.2 Å². The smallest absolute Gasteiger partial charge is 0.417 e. The van der Waals surface area contributed by atoms with E-state index in [1.165, 1.54) is 14.2 Å². The van der Waals surface area contributed by atoms with Crippen molar-refractivity contribution in [1.82, 2.24) is 25.2 Å². The summed E-state index contributed by atoms with van der Waals surface area (Å²) in [5, 5.41) is 11.5. The summed E-state index contributed by atoms with van der Waals surface area (Å²) in [6, 6.07) is 5.74. The van der Waals surface area contributed by atoms with E-state index < -0.39 is 11.7 Å². The lowest BCUT2D eigenvalue weighted by molar-refractivity contribution is -0.137. The van der Waals surface area contributed by atoms with Crippen LogP contribution in [0.2, 0.25) is 5.02 Å². The van der Waals surface area contributed by atoms with Crippen molar-refractivity contribution in [2.75, 3.05) is 14.2 Å². The number of benzene rings is 1. The van der Waals surface area contributed by atoms with Gasteiger partial charge >= 0.3 is 6.18 Å². The second-order valence-corrected chi connectivity index (χ2v) is 5.41. The lowest BCUT2D eigenvalue weighted by Crippen LogP contribution is -2.09. The predicted molar refractivity (Wildman–Crippen MR) is 85.5 cm³/mol. The molecule has 0 aliphatic heterocycles. The van der Waals surface area contributed by atoms with E-state index in [4.69, 9.17) is 21.1 Å². The van der Waals surface area contributed by atoms with E-state index in [2.05, 4.69) is 20.4 Å². The predicted octanol–water partition coefficient (Wildman–Crippen LogP) is 3.41. The van der Waals surface area contributed by atoms with Gasteiger partial charge in [0.2, 0.25) is 5.82 Å². The fourth-order valence-electron chi connectivity index (χ4n) is 2.13. The third-order valence-electron chi connectivity index (χ3n) is 3.39. The van der Waals surface area contributed by atoms with Crippen molar-refractivity contribution >= 4 is 11.6 Å². The van der Waals surface area contributed by atoms with Crippen molar-refractivity contribution in [1.29, 1.82) is 0 Å². The van der Waals surface area contributed by atoms with Crippen LogP contribution in [0.5, 0.6) is 11.5 Å². The van der Waals surface area contributed by atoms with E-state index in [9.17, 15) is 13.2 Å². The van der Waals surface area contributed by atoms with Crippen molar-refractivity contribution in [3.63, 3.8) is 0 Å². The Morgan fingerprint density at radius 3 is 2.42 bits per heavy atom. The molecule has 11 heteroatoms. The second-order valence-electron chi connectivity index (χ2n) is 5.00. The minimum atomic E-state index is -4.55. The Bertz CT molecular complexity index is 945. The van der Waals surface area contributed by atoms with Crippen LogP contribution in [0.3, 0.4) is 0 Å². The second kappa shape index (κ2) is 6.79. The summed E-state index contributed by atoms with van der Waals surface area (Å²) in [5.41, 5.74) is -0.400. The third kappa shape index (κ3) is 3.40. The average Bonchev–Trinajstić information content (AvgIpc) is 3.10. The molecule has 0 saturated heterocycles. The largest absolute Gasteiger partial charge is 0.493 e. The molecule has 2 aromatic heterocycles. The zero-order valence-electron chi connectivity index (χ0n) is 13.5. The number of halogens is 4. The lowest BCUT2D eigenvalue weighted by Gasteiger charge is -2.08. The molecule has 0 aliphatic carbocycles. The number of ether oxygens (including phenoxy) is 2. The van der Waals surface area contributed by atoms with Gasteiger partial charge in [-0.15, -0.1) is 15.0 Å². The highest BCUT2D eigenvalue weighted by molar-refractivity contribution is 6.32. The molecular weight excluding hydrogens is 375 g/mol. The molecule has 136 valence electrons. The molecule has 0 unspecified atom stereocenters. The number of pyridine rings is 1. The van der Waals surface area contributed by atoms with Gasteiger partial charge in [-0.3, -0.25) is 0 Å². The Kier molecular flexibility index (Phi) is 4.68. The summed E-state index contributed by atoms with van der Waals surface area (Å²) in [7, 11) is 2.99. The van der Waals surface area contributed by atoms with Crippen LogP contribution in [0.25, 0.3) is 17.2 Å². The molecule has 0 fully saturated rings. The summed E-state index contributed by atoms with van der Waals surface area (Å²) in [4.78, 5) is 4.64. The van der Waals surface area contributed by atoms with E-state index in [1.54, 1.807) is 18.2 Å². The van der Waals surface area contributed by atoms with Crippen molar-refractivity contribution in [3.8, 4) is 28.7 Å². The topological polar surface area (TPSA) is 75.0 Å². The number of aromatic nitrogens is 5. The van der Waals surface area contributed by atoms with Gasteiger partial charge in [-0.2, -0.15) is 13.2 Å². The van der Waals surface area contributed by atoms with Crippen molar-refractivity contribution in [2.45, 2.75) is 6.18 Å². The maximum Gasteiger partial charge on any atom is 0.417 e. The standard InChI is InChI=1S/C15H11ClF3N5O2/c1-25-11-4-3-8(5-12(11)26-2)13-21-23-24(22-13)14-10(16)6-9(7-20-14)15(17,18)19/h3-7H,1-2H3. The number of nitrogens with zero attached hydrogens (tertiary/aromatic N) is 5. The maximum atomic E-state index is 12.7. The number of tetrazole rings is 1. The van der Waals surface area contributed by atoms with E-state index in [1.807, 2.05) is 0 Å². The SMILES string of the molecule is COc1ccc(-c2nnn(-c3ncc(C(F)(F)F)cc3Cl)n2)cc1OC. The van der Waals surface area contributed by atoms with E-state index in [0.29, 0.717) is 23.3 Å². The van der Waals surface area contributed by atoms with Gasteiger partial charge in [-0.1, -0.05) is 11.6 Å². The Hall–Kier alpha value is -2.88.